The molecule has 0 amide bonds. The van der Waals surface area contributed by atoms with Crippen molar-refractivity contribution in [3.63, 3.8) is 0 Å². The van der Waals surface area contributed by atoms with E-state index in [2.05, 4.69) is 11.6 Å². The normalized spacial score (nSPS) is 17.7. The first-order valence-electron chi connectivity index (χ1n) is 2.00. The van der Waals surface area contributed by atoms with Crippen molar-refractivity contribution in [2.75, 3.05) is 0 Å². The fraction of sp³-hybridized carbons (Fsp3) is 0. The Balaban J connectivity index is 0.000000490. The van der Waals surface area contributed by atoms with Crippen molar-refractivity contribution in [3.05, 3.63) is 24.4 Å². The summed E-state index contributed by atoms with van der Waals surface area (Å²) in [7, 11) is 0. The van der Waals surface area contributed by atoms with Gasteiger partial charge in [-0.15, -0.1) is 0 Å². The Kier molecular flexibility index (Phi) is 0.719. The van der Waals surface area contributed by atoms with E-state index in [1.807, 2.05) is 0 Å². The summed E-state index contributed by atoms with van der Waals surface area (Å²) in [5.41, 5.74) is 6.07. The molecule has 2 heteroatoms. The maximum absolute atomic E-state index is 5.27. The molecule has 0 aliphatic carbocycles. The van der Waals surface area contributed by atoms with Gasteiger partial charge in [-0.05, 0) is 6.08 Å². The van der Waals surface area contributed by atoms with Gasteiger partial charge >= 0.3 is 0 Å². The van der Waals surface area contributed by atoms with Crippen LogP contribution in [0.5, 0.6) is 0 Å². The third kappa shape index (κ3) is 0.538. The predicted octanol–water partition coefficient (Wildman–Crippen LogP) is 0.673. The lowest BCUT2D eigenvalue weighted by Gasteiger charge is -1.85. The van der Waals surface area contributed by atoms with Gasteiger partial charge in [-0.2, -0.15) is 0 Å². The SMILES string of the molecule is C=C1C=CN=C1N.[HH]. The molecule has 0 aromatic carbocycles. The van der Waals surface area contributed by atoms with E-state index in [0.717, 1.165) is 5.57 Å². The fourth-order valence-electron chi connectivity index (χ4n) is 0.376. The molecule has 2 nitrogen and oxygen atoms in total. The second-order valence-electron chi connectivity index (χ2n) is 1.36. The Hall–Kier alpha value is -1.05. The molecule has 0 atom stereocenters. The highest BCUT2D eigenvalue weighted by Crippen LogP contribution is 1.99. The quantitative estimate of drug-likeness (QED) is 0.473. The van der Waals surface area contributed by atoms with Crippen molar-refractivity contribution in [2.45, 2.75) is 0 Å². The Labute approximate surface area is 43.5 Å². The van der Waals surface area contributed by atoms with Gasteiger partial charge in [0, 0.05) is 13.2 Å². The summed E-state index contributed by atoms with van der Waals surface area (Å²) < 4.78 is 0. The second kappa shape index (κ2) is 1.22. The molecule has 7 heavy (non-hydrogen) atoms. The summed E-state index contributed by atoms with van der Waals surface area (Å²) in [6.45, 7) is 3.59. The molecular weight excluding hydrogens is 88.1 g/mol. The van der Waals surface area contributed by atoms with Crippen molar-refractivity contribution < 1.29 is 1.43 Å². The highest BCUT2D eigenvalue weighted by molar-refractivity contribution is 6.01. The molecule has 0 aromatic rings. The maximum atomic E-state index is 5.27. The first kappa shape index (κ1) is 4.12. The van der Waals surface area contributed by atoms with Crippen molar-refractivity contribution in [1.29, 1.82) is 0 Å². The number of hydrogen-bond donors (Lipinski definition) is 1. The molecular formula is C5H8N2. The van der Waals surface area contributed by atoms with Crippen LogP contribution < -0.4 is 5.73 Å². The number of nitrogens with zero attached hydrogens (tertiary/aromatic N) is 1. The molecule has 2 N–H and O–H groups in total. The number of amidine groups is 1. The number of rotatable bonds is 0. The van der Waals surface area contributed by atoms with Gasteiger partial charge in [-0.25, -0.2) is 4.99 Å². The zero-order chi connectivity index (χ0) is 5.28. The zero-order valence-electron chi connectivity index (χ0n) is 3.89. The summed E-state index contributed by atoms with van der Waals surface area (Å²) in [5.74, 6) is 0.528. The fourth-order valence-corrected chi connectivity index (χ4v) is 0.376. The molecule has 0 saturated heterocycles. The Morgan fingerprint density at radius 3 is 2.71 bits per heavy atom. The van der Waals surface area contributed by atoms with E-state index in [-0.39, 0.29) is 1.43 Å². The Bertz CT molecular complexity index is 158. The molecule has 0 spiro atoms. The maximum Gasteiger partial charge on any atom is 0.130 e. The lowest BCUT2D eigenvalue weighted by Crippen LogP contribution is -2.08. The minimum atomic E-state index is 0. The van der Waals surface area contributed by atoms with Gasteiger partial charge in [-0.3, -0.25) is 0 Å². The average Bonchev–Trinajstić information content (AvgIpc) is 1.91. The zero-order valence-corrected chi connectivity index (χ0v) is 3.89. The standard InChI is InChI=1S/C5H6N2.H2/c1-4-2-3-7-5(4)6;/h2-3H,1H2,(H2,6,7);1H. The molecule has 0 aromatic heterocycles. The van der Waals surface area contributed by atoms with E-state index in [1.54, 1.807) is 12.3 Å². The van der Waals surface area contributed by atoms with Crippen molar-refractivity contribution in [3.8, 4) is 0 Å². The monoisotopic (exact) mass is 96.1 g/mol. The number of aliphatic imine (C=N–C) groups is 1. The molecule has 0 unspecified atom stereocenters. The van der Waals surface area contributed by atoms with E-state index in [1.165, 1.54) is 0 Å². The van der Waals surface area contributed by atoms with Gasteiger partial charge in [-0.1, -0.05) is 6.58 Å². The highest BCUT2D eigenvalue weighted by Gasteiger charge is 1.96. The lowest BCUT2D eigenvalue weighted by molar-refractivity contribution is 1.56. The third-order valence-corrected chi connectivity index (χ3v) is 0.818. The second-order valence-corrected chi connectivity index (χ2v) is 1.36. The van der Waals surface area contributed by atoms with Crippen LogP contribution in [0, 0.1) is 0 Å². The lowest BCUT2D eigenvalue weighted by atomic mass is 10.3. The number of hydrogen-bond acceptors (Lipinski definition) is 2. The summed E-state index contributed by atoms with van der Waals surface area (Å²) in [6.07, 6.45) is 3.41. The smallest absolute Gasteiger partial charge is 0.130 e. The molecule has 0 saturated carbocycles. The van der Waals surface area contributed by atoms with Crippen LogP contribution in [0.15, 0.2) is 29.4 Å². The van der Waals surface area contributed by atoms with Crippen molar-refractivity contribution >= 4 is 5.84 Å². The molecule has 0 radical (unpaired) electrons. The van der Waals surface area contributed by atoms with Crippen LogP contribution in [0.2, 0.25) is 0 Å². The van der Waals surface area contributed by atoms with Crippen LogP contribution in [-0.2, 0) is 0 Å². The van der Waals surface area contributed by atoms with Crippen molar-refractivity contribution in [2.24, 2.45) is 10.7 Å². The topological polar surface area (TPSA) is 38.4 Å². The molecule has 0 bridgehead atoms. The summed E-state index contributed by atoms with van der Waals surface area (Å²) >= 11 is 0. The first-order valence-corrected chi connectivity index (χ1v) is 2.00. The van der Waals surface area contributed by atoms with Gasteiger partial charge in [0.15, 0.2) is 0 Å². The molecule has 1 aliphatic heterocycles. The van der Waals surface area contributed by atoms with Crippen LogP contribution >= 0.6 is 0 Å². The molecule has 1 aliphatic rings. The van der Waals surface area contributed by atoms with Crippen LogP contribution in [0.3, 0.4) is 0 Å². The molecule has 0 fully saturated rings. The van der Waals surface area contributed by atoms with E-state index in [0.29, 0.717) is 5.84 Å². The van der Waals surface area contributed by atoms with E-state index in [9.17, 15) is 0 Å². The van der Waals surface area contributed by atoms with E-state index >= 15 is 0 Å². The Morgan fingerprint density at radius 1 is 1.86 bits per heavy atom. The molecule has 38 valence electrons. The van der Waals surface area contributed by atoms with E-state index in [4.69, 9.17) is 5.73 Å². The number of nitrogens with two attached hydrogens (primary N) is 1. The van der Waals surface area contributed by atoms with Crippen molar-refractivity contribution in [1.82, 2.24) is 0 Å². The van der Waals surface area contributed by atoms with Crippen LogP contribution in [0.4, 0.5) is 0 Å². The van der Waals surface area contributed by atoms with Gasteiger partial charge < -0.3 is 5.73 Å². The Morgan fingerprint density at radius 2 is 2.57 bits per heavy atom. The minimum absolute atomic E-state index is 0. The largest absolute Gasteiger partial charge is 0.383 e. The minimum Gasteiger partial charge on any atom is -0.383 e. The van der Waals surface area contributed by atoms with Gasteiger partial charge in [0.1, 0.15) is 5.84 Å². The predicted molar refractivity (Wildman–Crippen MR) is 32.0 cm³/mol. The summed E-state index contributed by atoms with van der Waals surface area (Å²) in [6, 6.07) is 0. The van der Waals surface area contributed by atoms with Gasteiger partial charge in [0.2, 0.25) is 0 Å². The third-order valence-electron chi connectivity index (χ3n) is 0.818. The van der Waals surface area contributed by atoms with Crippen LogP contribution in [0.25, 0.3) is 0 Å². The highest BCUT2D eigenvalue weighted by atomic mass is 14.9. The van der Waals surface area contributed by atoms with E-state index < -0.39 is 0 Å². The van der Waals surface area contributed by atoms with Crippen LogP contribution in [-0.4, -0.2) is 5.84 Å². The van der Waals surface area contributed by atoms with Gasteiger partial charge in [0.05, 0.1) is 0 Å². The van der Waals surface area contributed by atoms with Gasteiger partial charge in [0.25, 0.3) is 0 Å². The molecule has 1 heterocycles. The average molecular weight is 96.1 g/mol. The summed E-state index contributed by atoms with van der Waals surface area (Å²) in [5, 5.41) is 0. The first-order chi connectivity index (χ1) is 3.30. The molecule has 1 rings (SSSR count). The summed E-state index contributed by atoms with van der Waals surface area (Å²) in [4.78, 5) is 3.73. The van der Waals surface area contributed by atoms with Crippen LogP contribution in [0.1, 0.15) is 1.43 Å².